The number of nitrogens with one attached hydrogen (secondary N) is 2. The topological polar surface area (TPSA) is 53.7 Å². The van der Waals surface area contributed by atoms with Gasteiger partial charge < -0.3 is 15.0 Å². The lowest BCUT2D eigenvalue weighted by atomic mass is 10.1. The lowest BCUT2D eigenvalue weighted by molar-refractivity contribution is 0.625. The number of rotatable bonds is 5. The molecule has 0 saturated heterocycles. The van der Waals surface area contributed by atoms with Gasteiger partial charge in [0.1, 0.15) is 11.5 Å². The second kappa shape index (κ2) is 7.79. The van der Waals surface area contributed by atoms with Gasteiger partial charge in [0, 0.05) is 25.5 Å². The van der Waals surface area contributed by atoms with Crippen LogP contribution in [-0.4, -0.2) is 28.9 Å². The Morgan fingerprint density at radius 1 is 1.20 bits per heavy atom. The first-order valence-electron chi connectivity index (χ1n) is 8.28. The molecule has 0 fully saturated rings. The first-order valence-corrected chi connectivity index (χ1v) is 8.28. The molecule has 0 aliphatic heterocycles. The molecule has 0 aliphatic rings. The minimum Gasteiger partial charge on any atom is -0.356 e. The number of aliphatic imine (C=N–C) groups is 1. The van der Waals surface area contributed by atoms with E-state index >= 15 is 0 Å². The van der Waals surface area contributed by atoms with E-state index in [9.17, 15) is 4.39 Å². The Bertz CT molecular complexity index is 884. The molecule has 0 spiro atoms. The molecular weight excluding hydrogens is 317 g/mol. The Balaban J connectivity index is 1.52. The lowest BCUT2D eigenvalue weighted by Gasteiger charge is -2.11. The van der Waals surface area contributed by atoms with Gasteiger partial charge in [-0.25, -0.2) is 9.37 Å². The number of aromatic nitrogens is 2. The Labute approximate surface area is 146 Å². The highest BCUT2D eigenvalue weighted by molar-refractivity contribution is 5.79. The normalized spacial score (nSPS) is 11.7. The van der Waals surface area contributed by atoms with E-state index < -0.39 is 0 Å². The van der Waals surface area contributed by atoms with Crippen LogP contribution in [0.1, 0.15) is 17.0 Å². The van der Waals surface area contributed by atoms with E-state index in [1.165, 1.54) is 6.07 Å². The van der Waals surface area contributed by atoms with Crippen molar-refractivity contribution in [3.05, 3.63) is 71.4 Å². The van der Waals surface area contributed by atoms with E-state index in [1.807, 2.05) is 24.4 Å². The summed E-state index contributed by atoms with van der Waals surface area (Å²) in [5, 5.41) is 6.49. The van der Waals surface area contributed by atoms with Crippen LogP contribution in [0.5, 0.6) is 0 Å². The number of guanidine groups is 1. The zero-order valence-corrected chi connectivity index (χ0v) is 14.5. The van der Waals surface area contributed by atoms with Gasteiger partial charge >= 0.3 is 0 Å². The van der Waals surface area contributed by atoms with Gasteiger partial charge in [0.05, 0.1) is 12.2 Å². The fraction of sp³-hybridized carbons (Fsp3) is 0.263. The van der Waals surface area contributed by atoms with Crippen molar-refractivity contribution in [3.63, 3.8) is 0 Å². The molecule has 0 aliphatic carbocycles. The third-order valence-electron chi connectivity index (χ3n) is 4.00. The molecular formula is C19H22FN5. The molecule has 3 rings (SSSR count). The van der Waals surface area contributed by atoms with Gasteiger partial charge in [0.15, 0.2) is 5.96 Å². The summed E-state index contributed by atoms with van der Waals surface area (Å²) < 4.78 is 15.2. The summed E-state index contributed by atoms with van der Waals surface area (Å²) in [5.74, 6) is 0.493. The molecule has 2 aromatic heterocycles. The van der Waals surface area contributed by atoms with Crippen molar-refractivity contribution in [3.8, 4) is 0 Å². The fourth-order valence-corrected chi connectivity index (χ4v) is 2.70. The molecule has 6 heteroatoms. The fourth-order valence-electron chi connectivity index (χ4n) is 2.70. The van der Waals surface area contributed by atoms with Gasteiger partial charge in [-0.05, 0) is 43.2 Å². The van der Waals surface area contributed by atoms with Crippen molar-refractivity contribution in [2.75, 3.05) is 13.6 Å². The minimum atomic E-state index is -0.206. The smallest absolute Gasteiger partial charge is 0.191 e. The highest BCUT2D eigenvalue weighted by Gasteiger charge is 2.04. The van der Waals surface area contributed by atoms with Gasteiger partial charge in [0.2, 0.25) is 0 Å². The van der Waals surface area contributed by atoms with Crippen molar-refractivity contribution in [1.29, 1.82) is 0 Å². The van der Waals surface area contributed by atoms with Crippen molar-refractivity contribution < 1.29 is 4.39 Å². The van der Waals surface area contributed by atoms with Crippen molar-refractivity contribution in [2.45, 2.75) is 19.9 Å². The molecule has 0 amide bonds. The van der Waals surface area contributed by atoms with Crippen LogP contribution in [0, 0.1) is 12.7 Å². The van der Waals surface area contributed by atoms with Crippen LogP contribution in [-0.2, 0) is 13.0 Å². The number of fused-ring (bicyclic) bond motifs is 1. The Morgan fingerprint density at radius 2 is 2.04 bits per heavy atom. The van der Waals surface area contributed by atoms with Gasteiger partial charge in [0.25, 0.3) is 0 Å². The molecule has 130 valence electrons. The van der Waals surface area contributed by atoms with Crippen LogP contribution in [0.25, 0.3) is 5.65 Å². The number of hydrogen-bond donors (Lipinski definition) is 2. The average Bonchev–Trinajstić information content (AvgIpc) is 3.02. The molecule has 0 bridgehead atoms. The number of nitrogens with zero attached hydrogens (tertiary/aromatic N) is 3. The maximum Gasteiger partial charge on any atom is 0.191 e. The van der Waals surface area contributed by atoms with Crippen LogP contribution < -0.4 is 10.6 Å². The molecule has 2 heterocycles. The third kappa shape index (κ3) is 4.35. The Hall–Kier alpha value is -2.89. The number of halogens is 1. The van der Waals surface area contributed by atoms with E-state index in [2.05, 4.69) is 38.0 Å². The predicted molar refractivity (Wildman–Crippen MR) is 98.2 cm³/mol. The first kappa shape index (κ1) is 17.0. The van der Waals surface area contributed by atoms with Crippen LogP contribution in [0.4, 0.5) is 4.39 Å². The standard InChI is InChI=1S/C19H22FN5/c1-14-5-3-8-18-24-17(13-25(14)18)12-23-19(21-2)22-10-9-15-6-4-7-16(20)11-15/h3-8,11,13H,9-10,12H2,1-2H3,(H2,21,22,23). The molecule has 1 aromatic carbocycles. The second-order valence-corrected chi connectivity index (χ2v) is 5.86. The van der Waals surface area contributed by atoms with E-state index in [0.29, 0.717) is 19.0 Å². The summed E-state index contributed by atoms with van der Waals surface area (Å²) in [5.41, 5.74) is 3.99. The minimum absolute atomic E-state index is 0.206. The highest BCUT2D eigenvalue weighted by Crippen LogP contribution is 2.08. The third-order valence-corrected chi connectivity index (χ3v) is 4.00. The Morgan fingerprint density at radius 3 is 2.80 bits per heavy atom. The zero-order chi connectivity index (χ0) is 17.6. The number of benzene rings is 1. The largest absolute Gasteiger partial charge is 0.356 e. The van der Waals surface area contributed by atoms with E-state index in [4.69, 9.17) is 0 Å². The van der Waals surface area contributed by atoms with Gasteiger partial charge in [-0.15, -0.1) is 0 Å². The predicted octanol–water partition coefficient (Wildman–Crippen LogP) is 2.69. The molecule has 0 unspecified atom stereocenters. The summed E-state index contributed by atoms with van der Waals surface area (Å²) in [4.78, 5) is 8.80. The summed E-state index contributed by atoms with van der Waals surface area (Å²) in [7, 11) is 1.73. The number of aryl methyl sites for hydroxylation is 1. The average molecular weight is 339 g/mol. The van der Waals surface area contributed by atoms with Crippen molar-refractivity contribution >= 4 is 11.6 Å². The lowest BCUT2D eigenvalue weighted by Crippen LogP contribution is -2.37. The number of imidazole rings is 1. The molecule has 0 atom stereocenters. The van der Waals surface area contributed by atoms with Crippen molar-refractivity contribution in [1.82, 2.24) is 20.0 Å². The zero-order valence-electron chi connectivity index (χ0n) is 14.5. The van der Waals surface area contributed by atoms with E-state index in [0.717, 1.165) is 29.0 Å². The van der Waals surface area contributed by atoms with Gasteiger partial charge in [-0.3, -0.25) is 4.99 Å². The summed E-state index contributed by atoms with van der Waals surface area (Å²) in [6.45, 7) is 3.31. The maximum absolute atomic E-state index is 13.2. The SMILES string of the molecule is CN=C(NCCc1cccc(F)c1)NCc1cn2c(C)cccc2n1. The monoisotopic (exact) mass is 339 g/mol. The van der Waals surface area contributed by atoms with E-state index in [1.54, 1.807) is 19.2 Å². The number of pyridine rings is 1. The van der Waals surface area contributed by atoms with Crippen LogP contribution in [0.2, 0.25) is 0 Å². The van der Waals surface area contributed by atoms with Gasteiger partial charge in [-0.1, -0.05) is 18.2 Å². The molecule has 3 aromatic rings. The number of hydrogen-bond acceptors (Lipinski definition) is 2. The first-order chi connectivity index (χ1) is 12.2. The van der Waals surface area contributed by atoms with E-state index in [-0.39, 0.29) is 5.82 Å². The Kier molecular flexibility index (Phi) is 5.28. The van der Waals surface area contributed by atoms with Crippen molar-refractivity contribution in [2.24, 2.45) is 4.99 Å². The molecule has 5 nitrogen and oxygen atoms in total. The van der Waals surface area contributed by atoms with Crippen LogP contribution in [0.3, 0.4) is 0 Å². The van der Waals surface area contributed by atoms with Gasteiger partial charge in [-0.2, -0.15) is 0 Å². The summed E-state index contributed by atoms with van der Waals surface area (Å²) >= 11 is 0. The highest BCUT2D eigenvalue weighted by atomic mass is 19.1. The molecule has 0 radical (unpaired) electrons. The summed E-state index contributed by atoms with van der Waals surface area (Å²) in [6, 6.07) is 12.7. The maximum atomic E-state index is 13.2. The van der Waals surface area contributed by atoms with Crippen LogP contribution in [0.15, 0.2) is 53.7 Å². The molecule has 0 saturated carbocycles. The molecule has 25 heavy (non-hydrogen) atoms. The second-order valence-electron chi connectivity index (χ2n) is 5.86. The molecule has 2 N–H and O–H groups in total. The quantitative estimate of drug-likeness (QED) is 0.555. The van der Waals surface area contributed by atoms with Crippen LogP contribution >= 0.6 is 0 Å². The summed E-state index contributed by atoms with van der Waals surface area (Å²) in [6.07, 6.45) is 2.75.